The molecule has 2 aliphatic heterocycles. The fraction of sp³-hybridized carbons (Fsp3) is 0.684. The molecule has 0 radical (unpaired) electrons. The normalized spacial score (nSPS) is 21.6. The Labute approximate surface area is 160 Å². The van der Waals surface area contributed by atoms with Crippen LogP contribution < -0.4 is 14.8 Å². The molecule has 1 unspecified atom stereocenters. The summed E-state index contributed by atoms with van der Waals surface area (Å²) in [5.41, 5.74) is 1.07. The van der Waals surface area contributed by atoms with Gasteiger partial charge in [-0.25, -0.2) is 0 Å². The van der Waals surface area contributed by atoms with Gasteiger partial charge < -0.3 is 14.8 Å². The van der Waals surface area contributed by atoms with Crippen molar-refractivity contribution < 1.29 is 18.3 Å². The number of halogens is 3. The van der Waals surface area contributed by atoms with E-state index in [9.17, 15) is 8.78 Å². The van der Waals surface area contributed by atoms with E-state index in [1.807, 2.05) is 19.1 Å². The third kappa shape index (κ3) is 5.69. The topological polar surface area (TPSA) is 33.7 Å². The zero-order valence-electron chi connectivity index (χ0n) is 15.3. The highest BCUT2D eigenvalue weighted by atomic mass is 35.5. The van der Waals surface area contributed by atoms with Crippen molar-refractivity contribution in [3.63, 3.8) is 0 Å². The predicted octanol–water partition coefficient (Wildman–Crippen LogP) is 4.07. The molecule has 1 N–H and O–H groups in total. The Morgan fingerprint density at radius 3 is 2.58 bits per heavy atom. The van der Waals surface area contributed by atoms with E-state index in [2.05, 4.69) is 15.0 Å². The zero-order valence-corrected chi connectivity index (χ0v) is 16.1. The van der Waals surface area contributed by atoms with Gasteiger partial charge in [-0.3, -0.25) is 4.90 Å². The minimum absolute atomic E-state index is 0. The molecule has 0 spiro atoms. The van der Waals surface area contributed by atoms with E-state index in [0.717, 1.165) is 37.7 Å². The summed E-state index contributed by atoms with van der Waals surface area (Å²) in [5, 5.41) is 3.62. The van der Waals surface area contributed by atoms with Crippen LogP contribution in [0.3, 0.4) is 0 Å². The SMILES string of the molecule is CCOc1cc(CN2CCC(C3CCCN3)CC2)ccc1OC(F)F.Cl. The maximum atomic E-state index is 12.5. The second-order valence-corrected chi connectivity index (χ2v) is 6.91. The number of benzene rings is 1. The summed E-state index contributed by atoms with van der Waals surface area (Å²) >= 11 is 0. The summed E-state index contributed by atoms with van der Waals surface area (Å²) in [4.78, 5) is 2.43. The molecule has 1 aromatic carbocycles. The third-order valence-electron chi connectivity index (χ3n) is 5.23. The highest BCUT2D eigenvalue weighted by Gasteiger charge is 2.28. The lowest BCUT2D eigenvalue weighted by atomic mass is 9.88. The molecular formula is C19H29ClF2N2O2. The van der Waals surface area contributed by atoms with Crippen molar-refractivity contribution in [2.24, 2.45) is 5.92 Å². The molecule has 7 heteroatoms. The van der Waals surface area contributed by atoms with E-state index < -0.39 is 6.61 Å². The molecule has 2 heterocycles. The van der Waals surface area contributed by atoms with Crippen LogP contribution >= 0.6 is 12.4 Å². The van der Waals surface area contributed by atoms with Gasteiger partial charge in [-0.1, -0.05) is 6.07 Å². The van der Waals surface area contributed by atoms with E-state index in [0.29, 0.717) is 18.4 Å². The van der Waals surface area contributed by atoms with Crippen molar-refractivity contribution in [1.29, 1.82) is 0 Å². The molecule has 0 aliphatic carbocycles. The Balaban J connectivity index is 0.00000243. The van der Waals surface area contributed by atoms with Gasteiger partial charge >= 0.3 is 6.61 Å². The number of rotatable bonds is 7. The van der Waals surface area contributed by atoms with Gasteiger partial charge in [-0.2, -0.15) is 8.78 Å². The number of nitrogens with zero attached hydrogens (tertiary/aromatic N) is 1. The molecule has 0 saturated carbocycles. The number of likely N-dealkylation sites (tertiary alicyclic amines) is 1. The van der Waals surface area contributed by atoms with Crippen LogP contribution in [0.1, 0.15) is 38.2 Å². The maximum Gasteiger partial charge on any atom is 0.387 e. The number of nitrogens with one attached hydrogen (secondary N) is 1. The summed E-state index contributed by atoms with van der Waals surface area (Å²) in [5.74, 6) is 1.29. The fourth-order valence-corrected chi connectivity index (χ4v) is 4.00. The first kappa shape index (κ1) is 21.2. The fourth-order valence-electron chi connectivity index (χ4n) is 4.00. The van der Waals surface area contributed by atoms with Gasteiger partial charge in [0.05, 0.1) is 6.61 Å². The predicted molar refractivity (Wildman–Crippen MR) is 101 cm³/mol. The van der Waals surface area contributed by atoms with E-state index in [1.165, 1.54) is 25.7 Å². The van der Waals surface area contributed by atoms with Gasteiger partial charge in [0.2, 0.25) is 0 Å². The van der Waals surface area contributed by atoms with Crippen LogP contribution in [0.25, 0.3) is 0 Å². The molecule has 26 heavy (non-hydrogen) atoms. The lowest BCUT2D eigenvalue weighted by molar-refractivity contribution is -0.0514. The molecule has 0 amide bonds. The number of hydrogen-bond acceptors (Lipinski definition) is 4. The van der Waals surface area contributed by atoms with Gasteiger partial charge in [0.15, 0.2) is 11.5 Å². The summed E-state index contributed by atoms with van der Waals surface area (Å²) in [7, 11) is 0. The highest BCUT2D eigenvalue weighted by Crippen LogP contribution is 2.31. The Kier molecular flexibility index (Phi) is 8.38. The molecule has 3 rings (SSSR count). The number of hydrogen-bond donors (Lipinski definition) is 1. The molecule has 2 aliphatic rings. The molecule has 0 aromatic heterocycles. The van der Waals surface area contributed by atoms with Crippen molar-refractivity contribution in [2.45, 2.75) is 51.8 Å². The van der Waals surface area contributed by atoms with E-state index in [1.54, 1.807) is 6.07 Å². The van der Waals surface area contributed by atoms with Gasteiger partial charge in [0.25, 0.3) is 0 Å². The first-order valence-corrected chi connectivity index (χ1v) is 9.32. The molecule has 2 saturated heterocycles. The van der Waals surface area contributed by atoms with Crippen molar-refractivity contribution >= 4 is 12.4 Å². The van der Waals surface area contributed by atoms with E-state index >= 15 is 0 Å². The van der Waals surface area contributed by atoms with Crippen molar-refractivity contribution in [3.05, 3.63) is 23.8 Å². The second kappa shape index (κ2) is 10.3. The highest BCUT2D eigenvalue weighted by molar-refractivity contribution is 5.85. The standard InChI is InChI=1S/C19H28F2N2O2.ClH/c1-2-24-18-12-14(5-6-17(18)25-19(20)21)13-23-10-7-15(8-11-23)16-4-3-9-22-16;/h5-6,12,15-16,19,22H,2-4,7-11,13H2,1H3;1H. The lowest BCUT2D eigenvalue weighted by Gasteiger charge is -2.35. The van der Waals surface area contributed by atoms with Crippen molar-refractivity contribution in [2.75, 3.05) is 26.2 Å². The minimum atomic E-state index is -2.84. The molecule has 2 fully saturated rings. The minimum Gasteiger partial charge on any atom is -0.490 e. The van der Waals surface area contributed by atoms with Crippen molar-refractivity contribution in [3.8, 4) is 11.5 Å². The van der Waals surface area contributed by atoms with Gasteiger partial charge in [-0.05, 0) is 75.9 Å². The average Bonchev–Trinajstić information content (AvgIpc) is 3.12. The summed E-state index contributed by atoms with van der Waals surface area (Å²) in [6.07, 6.45) is 5.07. The second-order valence-electron chi connectivity index (χ2n) is 6.91. The van der Waals surface area contributed by atoms with Crippen LogP contribution in [0.2, 0.25) is 0 Å². The van der Waals surface area contributed by atoms with Crippen LogP contribution in [0.4, 0.5) is 8.78 Å². The molecule has 1 atom stereocenters. The number of piperidine rings is 1. The lowest BCUT2D eigenvalue weighted by Crippen LogP contribution is -2.40. The molecule has 4 nitrogen and oxygen atoms in total. The van der Waals surface area contributed by atoms with Crippen LogP contribution in [0.15, 0.2) is 18.2 Å². The number of ether oxygens (including phenoxy) is 2. The monoisotopic (exact) mass is 390 g/mol. The average molecular weight is 391 g/mol. The Morgan fingerprint density at radius 2 is 1.96 bits per heavy atom. The maximum absolute atomic E-state index is 12.5. The zero-order chi connectivity index (χ0) is 17.6. The first-order chi connectivity index (χ1) is 12.2. The number of alkyl halides is 2. The summed E-state index contributed by atoms with van der Waals surface area (Å²) in [6, 6.07) is 5.97. The molecule has 1 aromatic rings. The van der Waals surface area contributed by atoms with Crippen molar-refractivity contribution in [1.82, 2.24) is 10.2 Å². The summed E-state index contributed by atoms with van der Waals surface area (Å²) in [6.45, 7) is 3.57. The van der Waals surface area contributed by atoms with Gasteiger partial charge in [0.1, 0.15) is 0 Å². The quantitative estimate of drug-likeness (QED) is 0.760. The summed E-state index contributed by atoms with van der Waals surface area (Å²) < 4.78 is 35.0. The van der Waals surface area contributed by atoms with Crippen LogP contribution in [0.5, 0.6) is 11.5 Å². The Hall–Kier alpha value is -1.11. The largest absolute Gasteiger partial charge is 0.490 e. The smallest absolute Gasteiger partial charge is 0.387 e. The van der Waals surface area contributed by atoms with Gasteiger partial charge in [0, 0.05) is 12.6 Å². The van der Waals surface area contributed by atoms with Crippen LogP contribution in [0, 0.1) is 5.92 Å². The Bertz CT molecular complexity index is 548. The van der Waals surface area contributed by atoms with E-state index in [4.69, 9.17) is 4.74 Å². The van der Waals surface area contributed by atoms with E-state index in [-0.39, 0.29) is 18.2 Å². The van der Waals surface area contributed by atoms with Crippen LogP contribution in [-0.2, 0) is 6.54 Å². The first-order valence-electron chi connectivity index (χ1n) is 9.32. The third-order valence-corrected chi connectivity index (χ3v) is 5.23. The molecular weight excluding hydrogens is 362 g/mol. The molecule has 148 valence electrons. The van der Waals surface area contributed by atoms with Gasteiger partial charge in [-0.15, -0.1) is 12.4 Å². The van der Waals surface area contributed by atoms with Crippen LogP contribution in [-0.4, -0.2) is 43.8 Å². The molecule has 0 bridgehead atoms. The Morgan fingerprint density at radius 1 is 1.19 bits per heavy atom.